The van der Waals surface area contributed by atoms with Crippen LogP contribution >= 0.6 is 27.5 Å². The first-order chi connectivity index (χ1) is 9.95. The smallest absolute Gasteiger partial charge is 0.237 e. The summed E-state index contributed by atoms with van der Waals surface area (Å²) in [4.78, 5) is 17.3. The Hall–Kier alpha value is -1.79. The minimum atomic E-state index is -0.436. The average molecular weight is 370 g/mol. The molecule has 21 heavy (non-hydrogen) atoms. The second kappa shape index (κ2) is 6.78. The number of rotatable bonds is 5. The summed E-state index contributed by atoms with van der Waals surface area (Å²) in [5.41, 5.74) is 12.7. The molecule has 0 atom stereocenters. The number of hydrogen-bond acceptors (Lipinski definition) is 4. The molecule has 0 saturated carbocycles. The molecule has 0 saturated heterocycles. The van der Waals surface area contributed by atoms with Gasteiger partial charge in [0.05, 0.1) is 16.0 Å². The number of amides is 1. The second-order valence-corrected chi connectivity index (χ2v) is 5.81. The topological polar surface area (TPSA) is 85.2 Å². The van der Waals surface area contributed by atoms with Crippen molar-refractivity contribution in [2.24, 2.45) is 5.73 Å². The summed E-state index contributed by atoms with van der Waals surface area (Å²) < 4.78 is 0.701. The Bertz CT molecular complexity index is 648. The van der Waals surface area contributed by atoms with Crippen LogP contribution in [0.3, 0.4) is 0 Å². The first kappa shape index (κ1) is 15.6. The normalized spacial score (nSPS) is 10.4. The summed E-state index contributed by atoms with van der Waals surface area (Å²) in [6.07, 6.45) is 1.53. The highest BCUT2D eigenvalue weighted by Crippen LogP contribution is 2.27. The van der Waals surface area contributed by atoms with Gasteiger partial charge >= 0.3 is 0 Å². The van der Waals surface area contributed by atoms with Crippen molar-refractivity contribution in [3.8, 4) is 0 Å². The molecule has 0 unspecified atom stereocenters. The Morgan fingerprint density at radius 1 is 1.33 bits per heavy atom. The van der Waals surface area contributed by atoms with Gasteiger partial charge in [0.15, 0.2) is 0 Å². The van der Waals surface area contributed by atoms with E-state index in [1.807, 2.05) is 24.3 Å². The molecular weight excluding hydrogens is 356 g/mol. The number of hydrogen-bond donors (Lipinski definition) is 2. The number of carbonyl (C=O) groups excluding carboxylic acids is 1. The highest BCUT2D eigenvalue weighted by molar-refractivity contribution is 9.10. The number of benzene rings is 1. The largest absolute Gasteiger partial charge is 0.399 e. The van der Waals surface area contributed by atoms with Crippen LogP contribution in [0.5, 0.6) is 0 Å². The molecule has 4 N–H and O–H groups in total. The number of primary amides is 1. The summed E-state index contributed by atoms with van der Waals surface area (Å²) in [6, 6.07) is 9.13. The third kappa shape index (κ3) is 4.34. The summed E-state index contributed by atoms with van der Waals surface area (Å²) >= 11 is 9.29. The van der Waals surface area contributed by atoms with Gasteiger partial charge in [-0.2, -0.15) is 0 Å². The number of nitrogens with two attached hydrogens (primary N) is 2. The van der Waals surface area contributed by atoms with Crippen molar-refractivity contribution in [2.75, 3.05) is 17.2 Å². The standard InChI is InChI=1S/C14H14BrClN4O/c15-12-5-10(16)6-19-14(12)20(8-13(18)21)7-9-1-3-11(17)4-2-9/h1-6H,7-8,17H2,(H2,18,21). The number of nitrogen functional groups attached to an aromatic ring is 1. The van der Waals surface area contributed by atoms with Crippen LogP contribution in [-0.2, 0) is 11.3 Å². The third-order valence-electron chi connectivity index (χ3n) is 2.79. The van der Waals surface area contributed by atoms with E-state index in [0.29, 0.717) is 27.5 Å². The van der Waals surface area contributed by atoms with Gasteiger partial charge in [-0.25, -0.2) is 4.98 Å². The molecule has 1 amide bonds. The van der Waals surface area contributed by atoms with Crippen molar-refractivity contribution in [1.82, 2.24) is 4.98 Å². The molecule has 5 nitrogen and oxygen atoms in total. The highest BCUT2D eigenvalue weighted by Gasteiger charge is 2.15. The zero-order valence-corrected chi connectivity index (χ0v) is 13.4. The molecule has 110 valence electrons. The van der Waals surface area contributed by atoms with Crippen LogP contribution in [0.25, 0.3) is 0 Å². The first-order valence-electron chi connectivity index (χ1n) is 6.14. The molecule has 0 fully saturated rings. The quantitative estimate of drug-likeness (QED) is 0.793. The Morgan fingerprint density at radius 2 is 2.00 bits per heavy atom. The van der Waals surface area contributed by atoms with Crippen LogP contribution in [0.2, 0.25) is 5.02 Å². The van der Waals surface area contributed by atoms with Gasteiger partial charge < -0.3 is 16.4 Å². The average Bonchev–Trinajstić information content (AvgIpc) is 2.40. The second-order valence-electron chi connectivity index (χ2n) is 4.52. The Balaban J connectivity index is 2.29. The molecule has 0 aliphatic carbocycles. The van der Waals surface area contributed by atoms with Crippen LogP contribution in [0, 0.1) is 0 Å². The lowest BCUT2D eigenvalue weighted by atomic mass is 10.2. The molecule has 7 heteroatoms. The summed E-state index contributed by atoms with van der Waals surface area (Å²) in [6.45, 7) is 0.536. The van der Waals surface area contributed by atoms with E-state index in [2.05, 4.69) is 20.9 Å². The number of anilines is 2. The van der Waals surface area contributed by atoms with Crippen molar-refractivity contribution in [3.63, 3.8) is 0 Å². The van der Waals surface area contributed by atoms with Crippen LogP contribution in [0.4, 0.5) is 11.5 Å². The van der Waals surface area contributed by atoms with E-state index in [4.69, 9.17) is 23.1 Å². The molecule has 0 radical (unpaired) electrons. The van der Waals surface area contributed by atoms with Gasteiger partial charge in [-0.3, -0.25) is 4.79 Å². The summed E-state index contributed by atoms with van der Waals surface area (Å²) in [5.74, 6) is 0.170. The minimum Gasteiger partial charge on any atom is -0.399 e. The molecule has 1 aromatic carbocycles. The van der Waals surface area contributed by atoms with E-state index >= 15 is 0 Å². The van der Waals surface area contributed by atoms with Crippen molar-refractivity contribution in [3.05, 3.63) is 51.6 Å². The molecule has 1 aromatic heterocycles. The maximum Gasteiger partial charge on any atom is 0.237 e. The van der Waals surface area contributed by atoms with Crippen molar-refractivity contribution in [2.45, 2.75) is 6.54 Å². The van der Waals surface area contributed by atoms with Gasteiger partial charge in [0.1, 0.15) is 5.82 Å². The number of nitrogens with zero attached hydrogens (tertiary/aromatic N) is 2. The fourth-order valence-electron chi connectivity index (χ4n) is 1.88. The summed E-state index contributed by atoms with van der Waals surface area (Å²) in [7, 11) is 0. The number of carbonyl (C=O) groups is 1. The van der Waals surface area contributed by atoms with Crippen LogP contribution in [-0.4, -0.2) is 17.4 Å². The fraction of sp³-hybridized carbons (Fsp3) is 0.143. The Labute approximate surface area is 136 Å². The number of halogens is 2. The van der Waals surface area contributed by atoms with Crippen LogP contribution < -0.4 is 16.4 Å². The minimum absolute atomic E-state index is 0.0532. The first-order valence-corrected chi connectivity index (χ1v) is 7.31. The van der Waals surface area contributed by atoms with Gasteiger partial charge in [0, 0.05) is 18.4 Å². The third-order valence-corrected chi connectivity index (χ3v) is 3.58. The van der Waals surface area contributed by atoms with Gasteiger partial charge in [0.25, 0.3) is 0 Å². The molecule has 2 aromatic rings. The Kier molecular flexibility index (Phi) is 5.03. The van der Waals surface area contributed by atoms with E-state index in [1.54, 1.807) is 11.0 Å². The molecule has 0 spiro atoms. The predicted molar refractivity (Wildman–Crippen MR) is 88.0 cm³/mol. The monoisotopic (exact) mass is 368 g/mol. The molecule has 0 bridgehead atoms. The van der Waals surface area contributed by atoms with Gasteiger partial charge in [-0.15, -0.1) is 0 Å². The van der Waals surface area contributed by atoms with Gasteiger partial charge in [-0.05, 0) is 39.7 Å². The van der Waals surface area contributed by atoms with Crippen LogP contribution in [0.15, 0.2) is 41.0 Å². The molecule has 0 aliphatic heterocycles. The summed E-state index contributed by atoms with van der Waals surface area (Å²) in [5, 5.41) is 0.511. The highest BCUT2D eigenvalue weighted by atomic mass is 79.9. The van der Waals surface area contributed by atoms with E-state index in [0.717, 1.165) is 5.56 Å². The van der Waals surface area contributed by atoms with Gasteiger partial charge in [-0.1, -0.05) is 23.7 Å². The van der Waals surface area contributed by atoms with Crippen molar-refractivity contribution < 1.29 is 4.79 Å². The fourth-order valence-corrected chi connectivity index (χ4v) is 2.77. The predicted octanol–water partition coefficient (Wildman–Crippen LogP) is 2.57. The molecule has 1 heterocycles. The zero-order chi connectivity index (χ0) is 15.4. The maximum atomic E-state index is 11.3. The van der Waals surface area contributed by atoms with E-state index in [1.165, 1.54) is 6.20 Å². The number of aromatic nitrogens is 1. The Morgan fingerprint density at radius 3 is 2.57 bits per heavy atom. The molecular formula is C14H14BrClN4O. The van der Waals surface area contributed by atoms with E-state index in [9.17, 15) is 4.79 Å². The zero-order valence-electron chi connectivity index (χ0n) is 11.1. The van der Waals surface area contributed by atoms with E-state index < -0.39 is 5.91 Å². The molecule has 2 rings (SSSR count). The lowest BCUT2D eigenvalue weighted by Crippen LogP contribution is -2.34. The number of pyridine rings is 1. The lowest BCUT2D eigenvalue weighted by molar-refractivity contribution is -0.116. The van der Waals surface area contributed by atoms with Crippen LogP contribution in [0.1, 0.15) is 5.56 Å². The SMILES string of the molecule is NC(=O)CN(Cc1ccc(N)cc1)c1ncc(Cl)cc1Br. The van der Waals surface area contributed by atoms with Crippen molar-refractivity contribution in [1.29, 1.82) is 0 Å². The van der Waals surface area contributed by atoms with Gasteiger partial charge in [0.2, 0.25) is 5.91 Å². The van der Waals surface area contributed by atoms with E-state index in [-0.39, 0.29) is 6.54 Å². The van der Waals surface area contributed by atoms with Crippen molar-refractivity contribution >= 4 is 44.9 Å². The molecule has 0 aliphatic rings. The lowest BCUT2D eigenvalue weighted by Gasteiger charge is -2.23. The maximum absolute atomic E-state index is 11.3.